The Morgan fingerprint density at radius 2 is 2.36 bits per heavy atom. The van der Waals surface area contributed by atoms with Crippen LogP contribution < -0.4 is 0 Å². The molecule has 0 aromatic heterocycles. The largest absolute Gasteiger partial charge is 0.382 e. The Kier molecular flexibility index (Phi) is 5.53. The molecule has 0 unspecified atom stereocenters. The van der Waals surface area contributed by atoms with Gasteiger partial charge in [0.1, 0.15) is 0 Å². The van der Waals surface area contributed by atoms with Gasteiger partial charge in [0.25, 0.3) is 0 Å². The number of ether oxygens (including phenoxy) is 1. The van der Waals surface area contributed by atoms with Crippen molar-refractivity contribution in [3.05, 3.63) is 11.6 Å². The van der Waals surface area contributed by atoms with Crippen molar-refractivity contribution >= 4 is 5.78 Å². The number of Topliss-reactive ketones (excluding diaryl/α,β-unsaturated/α-hetero) is 1. The van der Waals surface area contributed by atoms with Crippen LogP contribution in [0, 0.1) is 0 Å². The molecular weight excluding hydrogens is 176 g/mol. The lowest BCUT2D eigenvalue weighted by Gasteiger charge is -2.11. The fourth-order valence-corrected chi connectivity index (χ4v) is 1.73. The van der Waals surface area contributed by atoms with Crippen molar-refractivity contribution in [2.45, 2.75) is 45.4 Å². The minimum atomic E-state index is 0.337. The van der Waals surface area contributed by atoms with Gasteiger partial charge in [-0.3, -0.25) is 4.79 Å². The van der Waals surface area contributed by atoms with E-state index in [1.54, 1.807) is 0 Å². The van der Waals surface area contributed by atoms with Gasteiger partial charge < -0.3 is 4.74 Å². The lowest BCUT2D eigenvalue weighted by Crippen LogP contribution is -2.07. The summed E-state index contributed by atoms with van der Waals surface area (Å²) in [5, 5.41) is 0. The molecule has 0 aromatic rings. The second kappa shape index (κ2) is 6.77. The molecule has 0 saturated carbocycles. The molecule has 0 aliphatic heterocycles. The summed E-state index contributed by atoms with van der Waals surface area (Å²) in [6.07, 6.45) is 8.15. The fourth-order valence-electron chi connectivity index (χ4n) is 1.73. The highest BCUT2D eigenvalue weighted by molar-refractivity contribution is 5.95. The highest BCUT2D eigenvalue weighted by Crippen LogP contribution is 2.19. The Morgan fingerprint density at radius 1 is 1.50 bits per heavy atom. The zero-order valence-electron chi connectivity index (χ0n) is 9.05. The second-order valence-corrected chi connectivity index (χ2v) is 3.70. The Morgan fingerprint density at radius 3 is 3.00 bits per heavy atom. The highest BCUT2D eigenvalue weighted by Gasteiger charge is 2.11. The zero-order chi connectivity index (χ0) is 10.2. The molecule has 1 aliphatic carbocycles. The van der Waals surface area contributed by atoms with Crippen LogP contribution in [-0.4, -0.2) is 19.0 Å². The maximum Gasteiger partial charge on any atom is 0.158 e. The quantitative estimate of drug-likeness (QED) is 0.611. The number of carbonyl (C=O) groups is 1. The summed E-state index contributed by atoms with van der Waals surface area (Å²) < 4.78 is 5.20. The number of carbonyl (C=O) groups excluding carboxylic acids is 1. The summed E-state index contributed by atoms with van der Waals surface area (Å²) in [6, 6.07) is 0. The van der Waals surface area contributed by atoms with Crippen LogP contribution in [-0.2, 0) is 9.53 Å². The van der Waals surface area contributed by atoms with E-state index in [0.29, 0.717) is 12.2 Å². The first-order chi connectivity index (χ1) is 6.84. The van der Waals surface area contributed by atoms with Gasteiger partial charge in [-0.25, -0.2) is 0 Å². The first-order valence-electron chi connectivity index (χ1n) is 5.64. The summed E-state index contributed by atoms with van der Waals surface area (Å²) in [5.41, 5.74) is 1.06. The Balaban J connectivity index is 2.17. The molecule has 0 atom stereocenters. The fraction of sp³-hybridized carbons (Fsp3) is 0.750. The summed E-state index contributed by atoms with van der Waals surface area (Å²) in [4.78, 5) is 11.6. The molecule has 0 spiro atoms. The van der Waals surface area contributed by atoms with Gasteiger partial charge in [0, 0.05) is 19.6 Å². The van der Waals surface area contributed by atoms with Gasteiger partial charge in [-0.2, -0.15) is 0 Å². The molecule has 0 fully saturated rings. The first kappa shape index (κ1) is 11.4. The van der Waals surface area contributed by atoms with Gasteiger partial charge in [0.15, 0.2) is 5.78 Å². The van der Waals surface area contributed by atoms with Gasteiger partial charge >= 0.3 is 0 Å². The van der Waals surface area contributed by atoms with Crippen LogP contribution in [0.1, 0.15) is 45.4 Å². The molecule has 0 amide bonds. The first-order valence-corrected chi connectivity index (χ1v) is 5.64. The van der Waals surface area contributed by atoms with Gasteiger partial charge in [0.05, 0.1) is 0 Å². The van der Waals surface area contributed by atoms with Crippen molar-refractivity contribution in [2.75, 3.05) is 13.2 Å². The average molecular weight is 196 g/mol. The van der Waals surface area contributed by atoms with Gasteiger partial charge in [0.2, 0.25) is 0 Å². The van der Waals surface area contributed by atoms with E-state index in [2.05, 4.69) is 6.08 Å². The van der Waals surface area contributed by atoms with Crippen molar-refractivity contribution in [1.82, 2.24) is 0 Å². The molecule has 0 bridgehead atoms. The van der Waals surface area contributed by atoms with E-state index < -0.39 is 0 Å². The van der Waals surface area contributed by atoms with Crippen LogP contribution in [0.25, 0.3) is 0 Å². The molecule has 80 valence electrons. The van der Waals surface area contributed by atoms with Crippen molar-refractivity contribution < 1.29 is 9.53 Å². The third kappa shape index (κ3) is 4.05. The number of rotatable bonds is 6. The van der Waals surface area contributed by atoms with Crippen LogP contribution in [0.2, 0.25) is 0 Å². The van der Waals surface area contributed by atoms with Crippen LogP contribution in [0.5, 0.6) is 0 Å². The summed E-state index contributed by atoms with van der Waals surface area (Å²) >= 11 is 0. The molecular formula is C12H20O2. The minimum absolute atomic E-state index is 0.337. The molecule has 0 aromatic carbocycles. The topological polar surface area (TPSA) is 26.3 Å². The molecule has 14 heavy (non-hydrogen) atoms. The number of hydrogen-bond donors (Lipinski definition) is 0. The maximum atomic E-state index is 11.6. The highest BCUT2D eigenvalue weighted by atomic mass is 16.5. The van der Waals surface area contributed by atoms with Crippen LogP contribution in [0.4, 0.5) is 0 Å². The van der Waals surface area contributed by atoms with Crippen molar-refractivity contribution in [3.8, 4) is 0 Å². The van der Waals surface area contributed by atoms with Crippen LogP contribution >= 0.6 is 0 Å². The lowest BCUT2D eigenvalue weighted by atomic mass is 9.94. The molecule has 0 N–H and O–H groups in total. The molecule has 0 heterocycles. The molecule has 2 heteroatoms. The number of allylic oxidation sites excluding steroid dienone is 2. The van der Waals surface area contributed by atoms with E-state index in [1.807, 2.05) is 6.92 Å². The van der Waals surface area contributed by atoms with Crippen molar-refractivity contribution in [1.29, 1.82) is 0 Å². The third-order valence-electron chi connectivity index (χ3n) is 2.55. The zero-order valence-corrected chi connectivity index (χ0v) is 9.05. The Hall–Kier alpha value is -0.630. The predicted octanol–water partition coefficient (Wildman–Crippen LogP) is 2.87. The van der Waals surface area contributed by atoms with E-state index in [0.717, 1.165) is 38.0 Å². The summed E-state index contributed by atoms with van der Waals surface area (Å²) in [5.74, 6) is 0.337. The van der Waals surface area contributed by atoms with E-state index in [9.17, 15) is 4.79 Å². The van der Waals surface area contributed by atoms with E-state index in [-0.39, 0.29) is 0 Å². The third-order valence-corrected chi connectivity index (χ3v) is 2.55. The normalized spacial score (nSPS) is 16.5. The minimum Gasteiger partial charge on any atom is -0.382 e. The van der Waals surface area contributed by atoms with Crippen molar-refractivity contribution in [2.24, 2.45) is 0 Å². The molecule has 0 radical (unpaired) electrons. The summed E-state index contributed by atoms with van der Waals surface area (Å²) in [6.45, 7) is 3.44. The lowest BCUT2D eigenvalue weighted by molar-refractivity contribution is -0.116. The van der Waals surface area contributed by atoms with Crippen LogP contribution in [0.3, 0.4) is 0 Å². The molecule has 0 saturated heterocycles. The van der Waals surface area contributed by atoms with Gasteiger partial charge in [-0.05, 0) is 44.6 Å². The maximum absolute atomic E-state index is 11.6. The standard InChI is InChI=1S/C12H20O2/c1-2-14-10-6-9-12(13)11-7-4-3-5-8-11/h7H,2-6,8-10H2,1H3. The van der Waals surface area contributed by atoms with E-state index in [1.165, 1.54) is 12.8 Å². The Labute approximate surface area is 86.3 Å². The number of ketones is 1. The second-order valence-electron chi connectivity index (χ2n) is 3.70. The molecule has 2 nitrogen and oxygen atoms in total. The smallest absolute Gasteiger partial charge is 0.158 e. The predicted molar refractivity (Wildman–Crippen MR) is 57.3 cm³/mol. The van der Waals surface area contributed by atoms with E-state index >= 15 is 0 Å². The van der Waals surface area contributed by atoms with Gasteiger partial charge in [-0.15, -0.1) is 0 Å². The van der Waals surface area contributed by atoms with Crippen molar-refractivity contribution in [3.63, 3.8) is 0 Å². The van der Waals surface area contributed by atoms with Crippen LogP contribution in [0.15, 0.2) is 11.6 Å². The van der Waals surface area contributed by atoms with E-state index in [4.69, 9.17) is 4.74 Å². The van der Waals surface area contributed by atoms with Gasteiger partial charge in [-0.1, -0.05) is 6.08 Å². The SMILES string of the molecule is CCOCCCC(=O)C1=CCCCC1. The Bertz CT molecular complexity index is 206. The average Bonchev–Trinajstić information content (AvgIpc) is 2.25. The monoisotopic (exact) mass is 196 g/mol. The molecule has 1 aliphatic rings. The number of hydrogen-bond acceptors (Lipinski definition) is 2. The summed E-state index contributed by atoms with van der Waals surface area (Å²) in [7, 11) is 0. The molecule has 1 rings (SSSR count).